The number of aliphatic imine (C=N–C) groups is 1. The Morgan fingerprint density at radius 2 is 2.00 bits per heavy atom. The Kier molecular flexibility index (Phi) is 7.91. The molecule has 1 saturated heterocycles. The minimum Gasteiger partial charge on any atom is -0.387 e. The van der Waals surface area contributed by atoms with Crippen molar-refractivity contribution < 1.29 is 9.84 Å². The van der Waals surface area contributed by atoms with Crippen LogP contribution in [-0.2, 0) is 11.3 Å². The van der Waals surface area contributed by atoms with Gasteiger partial charge in [0.2, 0.25) is 0 Å². The molecule has 0 bridgehead atoms. The van der Waals surface area contributed by atoms with Gasteiger partial charge in [0.25, 0.3) is 0 Å². The summed E-state index contributed by atoms with van der Waals surface area (Å²) < 4.78 is 7.66. The van der Waals surface area contributed by atoms with Crippen molar-refractivity contribution in [2.75, 3.05) is 52.5 Å². The molecule has 2 heterocycles. The van der Waals surface area contributed by atoms with Crippen LogP contribution in [0.2, 0.25) is 0 Å². The highest BCUT2D eigenvalue weighted by molar-refractivity contribution is 5.80. The third-order valence-corrected chi connectivity index (χ3v) is 5.14. The number of aromatic nitrogens is 1. The first kappa shape index (κ1) is 21.6. The second kappa shape index (κ2) is 10.6. The SMILES string of the molecule is CCNC(=NCC(C)(O)CN1CCOCC1)NCCCn1ccc2ccccc21. The van der Waals surface area contributed by atoms with E-state index in [0.29, 0.717) is 13.1 Å². The van der Waals surface area contributed by atoms with Crippen molar-refractivity contribution in [3.05, 3.63) is 36.5 Å². The summed E-state index contributed by atoms with van der Waals surface area (Å²) in [5.41, 5.74) is 0.413. The number of nitrogens with zero attached hydrogens (tertiary/aromatic N) is 3. The van der Waals surface area contributed by atoms with E-state index in [2.05, 4.69) is 68.5 Å². The number of guanidine groups is 1. The van der Waals surface area contributed by atoms with E-state index in [-0.39, 0.29) is 0 Å². The molecule has 0 saturated carbocycles. The van der Waals surface area contributed by atoms with Gasteiger partial charge in [-0.15, -0.1) is 0 Å². The van der Waals surface area contributed by atoms with Crippen LogP contribution in [-0.4, -0.2) is 78.6 Å². The summed E-state index contributed by atoms with van der Waals surface area (Å²) in [6, 6.07) is 10.6. The predicted molar refractivity (Wildman–Crippen MR) is 118 cm³/mol. The molecule has 1 aliphatic rings. The molecule has 1 aromatic carbocycles. The lowest BCUT2D eigenvalue weighted by atomic mass is 10.1. The van der Waals surface area contributed by atoms with Crippen LogP contribution in [0.4, 0.5) is 0 Å². The molecule has 0 spiro atoms. The molecule has 0 aliphatic carbocycles. The number of aryl methyl sites for hydroxylation is 1. The average Bonchev–Trinajstić information content (AvgIpc) is 3.13. The lowest BCUT2D eigenvalue weighted by molar-refractivity contribution is -0.0179. The van der Waals surface area contributed by atoms with Gasteiger partial charge in [-0.25, -0.2) is 0 Å². The van der Waals surface area contributed by atoms with Crippen molar-refractivity contribution in [3.8, 4) is 0 Å². The van der Waals surface area contributed by atoms with E-state index in [1.165, 1.54) is 10.9 Å². The third kappa shape index (κ3) is 6.73. The van der Waals surface area contributed by atoms with Crippen LogP contribution in [0.5, 0.6) is 0 Å². The topological polar surface area (TPSA) is 74.1 Å². The molecule has 1 aliphatic heterocycles. The number of hydrogen-bond acceptors (Lipinski definition) is 4. The highest BCUT2D eigenvalue weighted by Gasteiger charge is 2.25. The minimum absolute atomic E-state index is 0.363. The van der Waals surface area contributed by atoms with Crippen LogP contribution in [0, 0.1) is 0 Å². The molecule has 1 atom stereocenters. The molecule has 3 rings (SSSR count). The molecule has 7 heteroatoms. The van der Waals surface area contributed by atoms with Gasteiger partial charge in [0.15, 0.2) is 5.96 Å². The number of hydrogen-bond donors (Lipinski definition) is 3. The number of β-amino-alcohol motifs (C(OH)–C–C–N with tert-alkyl or cyclic N) is 1. The fraction of sp³-hybridized carbons (Fsp3) is 0.591. The molecule has 1 unspecified atom stereocenters. The quantitative estimate of drug-likeness (QED) is 0.339. The van der Waals surface area contributed by atoms with Crippen LogP contribution < -0.4 is 10.6 Å². The summed E-state index contributed by atoms with van der Waals surface area (Å²) in [5.74, 6) is 0.757. The van der Waals surface area contributed by atoms with Crippen molar-refractivity contribution in [2.45, 2.75) is 32.4 Å². The van der Waals surface area contributed by atoms with Gasteiger partial charge in [0.1, 0.15) is 0 Å². The maximum Gasteiger partial charge on any atom is 0.191 e. The Balaban J connectivity index is 1.45. The number of fused-ring (bicyclic) bond motifs is 1. The lowest BCUT2D eigenvalue weighted by Crippen LogP contribution is -2.48. The maximum absolute atomic E-state index is 10.7. The Morgan fingerprint density at radius 1 is 1.21 bits per heavy atom. The molecule has 2 aromatic rings. The van der Waals surface area contributed by atoms with Gasteiger partial charge >= 0.3 is 0 Å². The molecular weight excluding hydrogens is 366 g/mol. The maximum atomic E-state index is 10.7. The molecule has 1 fully saturated rings. The zero-order valence-corrected chi connectivity index (χ0v) is 17.7. The molecular formula is C22H35N5O2. The summed E-state index contributed by atoms with van der Waals surface area (Å²) in [4.78, 5) is 6.85. The highest BCUT2D eigenvalue weighted by Crippen LogP contribution is 2.15. The van der Waals surface area contributed by atoms with Gasteiger partial charge in [-0.1, -0.05) is 18.2 Å². The average molecular weight is 402 g/mol. The Morgan fingerprint density at radius 3 is 2.79 bits per heavy atom. The molecule has 0 amide bonds. The number of benzene rings is 1. The first-order chi connectivity index (χ1) is 14.1. The van der Waals surface area contributed by atoms with Crippen LogP contribution in [0.3, 0.4) is 0 Å². The number of morpholine rings is 1. The summed E-state index contributed by atoms with van der Waals surface area (Å²) in [6.45, 7) is 10.7. The molecule has 7 nitrogen and oxygen atoms in total. The Labute approximate surface area is 173 Å². The number of ether oxygens (including phenoxy) is 1. The number of para-hydroxylation sites is 1. The van der Waals surface area contributed by atoms with Crippen molar-refractivity contribution in [1.82, 2.24) is 20.1 Å². The van der Waals surface area contributed by atoms with Crippen LogP contribution in [0.15, 0.2) is 41.5 Å². The van der Waals surface area contributed by atoms with Gasteiger partial charge < -0.3 is 25.0 Å². The molecule has 160 valence electrons. The van der Waals surface area contributed by atoms with E-state index in [9.17, 15) is 5.11 Å². The number of rotatable bonds is 9. The van der Waals surface area contributed by atoms with Crippen LogP contribution in [0.1, 0.15) is 20.3 Å². The van der Waals surface area contributed by atoms with Gasteiger partial charge in [-0.2, -0.15) is 0 Å². The van der Waals surface area contributed by atoms with Crippen molar-refractivity contribution in [1.29, 1.82) is 0 Å². The molecule has 1 aromatic heterocycles. The second-order valence-electron chi connectivity index (χ2n) is 7.93. The number of nitrogens with one attached hydrogen (secondary N) is 2. The monoisotopic (exact) mass is 401 g/mol. The third-order valence-electron chi connectivity index (χ3n) is 5.14. The smallest absolute Gasteiger partial charge is 0.191 e. The second-order valence-corrected chi connectivity index (χ2v) is 7.93. The molecule has 0 radical (unpaired) electrons. The van der Waals surface area contributed by atoms with E-state index in [0.717, 1.165) is 58.3 Å². The minimum atomic E-state index is -0.857. The first-order valence-corrected chi connectivity index (χ1v) is 10.7. The molecule has 29 heavy (non-hydrogen) atoms. The Bertz CT molecular complexity index is 780. The van der Waals surface area contributed by atoms with E-state index >= 15 is 0 Å². The van der Waals surface area contributed by atoms with Crippen LogP contribution >= 0.6 is 0 Å². The van der Waals surface area contributed by atoms with Gasteiger partial charge in [-0.3, -0.25) is 9.89 Å². The first-order valence-electron chi connectivity index (χ1n) is 10.7. The van der Waals surface area contributed by atoms with Gasteiger partial charge in [-0.05, 0) is 37.8 Å². The normalized spacial score (nSPS) is 18.0. The Hall–Kier alpha value is -2.09. The largest absolute Gasteiger partial charge is 0.387 e. The standard InChI is InChI=1S/C22H35N5O2/c1-3-23-21(25-17-22(2,28)18-26-13-15-29-16-14-26)24-10-6-11-27-12-9-19-7-4-5-8-20(19)27/h4-5,7-9,12,28H,3,6,10-11,13-18H2,1-2H3,(H2,23,24,25). The molecule has 3 N–H and O–H groups in total. The van der Waals surface area contributed by atoms with Gasteiger partial charge in [0, 0.05) is 51.0 Å². The summed E-state index contributed by atoms with van der Waals surface area (Å²) in [5, 5.41) is 18.7. The fourth-order valence-corrected chi connectivity index (χ4v) is 3.67. The summed E-state index contributed by atoms with van der Waals surface area (Å²) in [7, 11) is 0. The van der Waals surface area contributed by atoms with E-state index in [1.807, 2.05) is 6.92 Å². The zero-order valence-electron chi connectivity index (χ0n) is 17.7. The van der Waals surface area contributed by atoms with E-state index in [4.69, 9.17) is 4.74 Å². The number of aliphatic hydroxyl groups is 1. The van der Waals surface area contributed by atoms with Crippen LogP contribution in [0.25, 0.3) is 10.9 Å². The zero-order chi connectivity index (χ0) is 20.5. The summed E-state index contributed by atoms with van der Waals surface area (Å²) >= 11 is 0. The van der Waals surface area contributed by atoms with Crippen molar-refractivity contribution in [3.63, 3.8) is 0 Å². The van der Waals surface area contributed by atoms with Crippen molar-refractivity contribution >= 4 is 16.9 Å². The fourth-order valence-electron chi connectivity index (χ4n) is 3.67. The summed E-state index contributed by atoms with van der Waals surface area (Å²) in [6.07, 6.45) is 3.14. The highest BCUT2D eigenvalue weighted by atomic mass is 16.5. The lowest BCUT2D eigenvalue weighted by Gasteiger charge is -2.33. The van der Waals surface area contributed by atoms with Crippen molar-refractivity contribution in [2.24, 2.45) is 4.99 Å². The predicted octanol–water partition coefficient (Wildman–Crippen LogP) is 1.67. The van der Waals surface area contributed by atoms with E-state index < -0.39 is 5.60 Å². The van der Waals surface area contributed by atoms with Gasteiger partial charge in [0.05, 0.1) is 25.4 Å². The van der Waals surface area contributed by atoms with E-state index in [1.54, 1.807) is 0 Å².